The van der Waals surface area contributed by atoms with Gasteiger partial charge in [-0.15, -0.1) is 11.3 Å². The lowest BCUT2D eigenvalue weighted by molar-refractivity contribution is -0.120. The number of rotatable bonds is 8. The topological polar surface area (TPSA) is 71.1 Å². The van der Waals surface area contributed by atoms with E-state index >= 15 is 0 Å². The molecule has 0 aliphatic heterocycles. The number of nitrogens with zero attached hydrogens (tertiary/aromatic N) is 1. The quantitative estimate of drug-likeness (QED) is 0.708. The monoisotopic (exact) mass is 363 g/mol. The molecule has 0 spiro atoms. The number of hydrogen-bond donors (Lipinski definition) is 2. The van der Waals surface area contributed by atoms with Gasteiger partial charge in [0.05, 0.1) is 17.1 Å². The molecule has 0 atom stereocenters. The van der Waals surface area contributed by atoms with Gasteiger partial charge in [-0.3, -0.25) is 9.59 Å². The Morgan fingerprint density at radius 1 is 1.24 bits per heavy atom. The van der Waals surface area contributed by atoms with Crippen molar-refractivity contribution in [3.05, 3.63) is 51.2 Å². The summed E-state index contributed by atoms with van der Waals surface area (Å²) in [7, 11) is 0. The van der Waals surface area contributed by atoms with Gasteiger partial charge in [0.1, 0.15) is 10.7 Å². The maximum Gasteiger partial charge on any atom is 0.263 e. The predicted octanol–water partition coefficient (Wildman–Crippen LogP) is 2.63. The number of halogens is 1. The van der Waals surface area contributed by atoms with E-state index in [1.807, 2.05) is 6.92 Å². The first kappa shape index (κ1) is 19.1. The SMILES string of the molecule is CCCc1nc(C)c(C(=O)NCCNC(=O)Cc2cccc(F)c2)s1. The highest BCUT2D eigenvalue weighted by atomic mass is 32.1. The van der Waals surface area contributed by atoms with E-state index in [0.29, 0.717) is 23.5 Å². The van der Waals surface area contributed by atoms with Crippen molar-refractivity contribution in [2.24, 2.45) is 0 Å². The summed E-state index contributed by atoms with van der Waals surface area (Å²) < 4.78 is 13.1. The summed E-state index contributed by atoms with van der Waals surface area (Å²) in [5, 5.41) is 6.46. The number of aryl methyl sites for hydroxylation is 2. The number of carbonyl (C=O) groups is 2. The molecule has 0 fully saturated rings. The van der Waals surface area contributed by atoms with Gasteiger partial charge in [-0.1, -0.05) is 19.1 Å². The van der Waals surface area contributed by atoms with E-state index < -0.39 is 0 Å². The summed E-state index contributed by atoms with van der Waals surface area (Å²) >= 11 is 1.41. The van der Waals surface area contributed by atoms with E-state index in [4.69, 9.17) is 0 Å². The second-order valence-corrected chi connectivity index (χ2v) is 6.77. The number of benzene rings is 1. The molecule has 0 bridgehead atoms. The Morgan fingerprint density at radius 2 is 2.00 bits per heavy atom. The minimum Gasteiger partial charge on any atom is -0.354 e. The van der Waals surface area contributed by atoms with Crippen LogP contribution in [-0.4, -0.2) is 29.9 Å². The van der Waals surface area contributed by atoms with E-state index in [2.05, 4.69) is 22.5 Å². The highest BCUT2D eigenvalue weighted by molar-refractivity contribution is 7.13. The van der Waals surface area contributed by atoms with E-state index in [0.717, 1.165) is 23.5 Å². The van der Waals surface area contributed by atoms with Crippen LogP contribution in [0.3, 0.4) is 0 Å². The third-order valence-electron chi connectivity index (χ3n) is 3.50. The van der Waals surface area contributed by atoms with Gasteiger partial charge in [0, 0.05) is 13.1 Å². The van der Waals surface area contributed by atoms with E-state index in [1.54, 1.807) is 12.1 Å². The third-order valence-corrected chi connectivity index (χ3v) is 4.71. The molecule has 0 radical (unpaired) electrons. The lowest BCUT2D eigenvalue weighted by Gasteiger charge is -2.07. The molecule has 2 rings (SSSR count). The summed E-state index contributed by atoms with van der Waals surface area (Å²) in [5.74, 6) is -0.740. The molecule has 5 nitrogen and oxygen atoms in total. The Bertz CT molecular complexity index is 746. The second-order valence-electron chi connectivity index (χ2n) is 5.68. The smallest absolute Gasteiger partial charge is 0.263 e. The first-order valence-corrected chi connectivity index (χ1v) is 9.07. The van der Waals surface area contributed by atoms with E-state index in [1.165, 1.54) is 23.5 Å². The summed E-state index contributed by atoms with van der Waals surface area (Å²) in [6.07, 6.45) is 1.97. The molecule has 7 heteroatoms. The van der Waals surface area contributed by atoms with Crippen LogP contribution in [0.25, 0.3) is 0 Å². The Labute approximate surface area is 150 Å². The van der Waals surface area contributed by atoms with Crippen molar-refractivity contribution in [3.63, 3.8) is 0 Å². The molecule has 2 amide bonds. The van der Waals surface area contributed by atoms with Crippen LogP contribution in [0.2, 0.25) is 0 Å². The Hall–Kier alpha value is -2.28. The molecule has 1 aromatic heterocycles. The average Bonchev–Trinajstić information content (AvgIpc) is 2.92. The minimum atomic E-state index is -0.361. The van der Waals surface area contributed by atoms with E-state index in [-0.39, 0.29) is 24.1 Å². The highest BCUT2D eigenvalue weighted by Gasteiger charge is 2.14. The van der Waals surface area contributed by atoms with Crippen LogP contribution in [0.4, 0.5) is 4.39 Å². The maximum atomic E-state index is 13.1. The molecule has 0 unspecified atom stereocenters. The summed E-state index contributed by atoms with van der Waals surface area (Å²) in [4.78, 5) is 29.0. The van der Waals surface area contributed by atoms with Crippen LogP contribution in [0.5, 0.6) is 0 Å². The predicted molar refractivity (Wildman–Crippen MR) is 96.3 cm³/mol. The molecule has 1 aromatic carbocycles. The van der Waals surface area contributed by atoms with Crippen molar-refractivity contribution in [1.29, 1.82) is 0 Å². The number of carbonyl (C=O) groups excluding carboxylic acids is 2. The first-order valence-electron chi connectivity index (χ1n) is 8.25. The number of thiazole rings is 1. The Morgan fingerprint density at radius 3 is 2.72 bits per heavy atom. The lowest BCUT2D eigenvalue weighted by Crippen LogP contribution is -2.35. The van der Waals surface area contributed by atoms with Crippen molar-refractivity contribution < 1.29 is 14.0 Å². The van der Waals surface area contributed by atoms with Gasteiger partial charge >= 0.3 is 0 Å². The fraction of sp³-hybridized carbons (Fsp3) is 0.389. The molecular formula is C18H22FN3O2S. The standard InChI is InChI=1S/C18H22FN3O2S/c1-3-5-16-22-12(2)17(25-16)18(24)21-9-8-20-15(23)11-13-6-4-7-14(19)10-13/h4,6-7,10H,3,5,8-9,11H2,1-2H3,(H,20,23)(H,21,24). The van der Waals surface area contributed by atoms with Gasteiger partial charge in [-0.25, -0.2) is 9.37 Å². The second kappa shape index (κ2) is 9.27. The molecule has 0 saturated heterocycles. The zero-order valence-electron chi connectivity index (χ0n) is 14.4. The van der Waals surface area contributed by atoms with Gasteiger partial charge in [-0.2, -0.15) is 0 Å². The Kier molecular flexibility index (Phi) is 7.06. The maximum absolute atomic E-state index is 13.1. The zero-order chi connectivity index (χ0) is 18.2. The summed E-state index contributed by atoms with van der Waals surface area (Å²) in [5.41, 5.74) is 1.35. The van der Waals surface area contributed by atoms with Gasteiger partial charge in [0.2, 0.25) is 5.91 Å². The molecule has 2 N–H and O–H groups in total. The normalized spacial score (nSPS) is 10.5. The molecule has 0 saturated carbocycles. The van der Waals surface area contributed by atoms with Crippen molar-refractivity contribution in [3.8, 4) is 0 Å². The van der Waals surface area contributed by atoms with Gasteiger partial charge in [0.15, 0.2) is 0 Å². The number of nitrogens with one attached hydrogen (secondary N) is 2. The van der Waals surface area contributed by atoms with Gasteiger partial charge < -0.3 is 10.6 Å². The zero-order valence-corrected chi connectivity index (χ0v) is 15.2. The fourth-order valence-corrected chi connectivity index (χ4v) is 3.42. The van der Waals surface area contributed by atoms with Crippen molar-refractivity contribution >= 4 is 23.2 Å². The lowest BCUT2D eigenvalue weighted by atomic mass is 10.1. The fourth-order valence-electron chi connectivity index (χ4n) is 2.34. The average molecular weight is 363 g/mol. The van der Waals surface area contributed by atoms with Crippen LogP contribution >= 0.6 is 11.3 Å². The molecule has 1 heterocycles. The van der Waals surface area contributed by atoms with Crippen LogP contribution < -0.4 is 10.6 Å². The van der Waals surface area contributed by atoms with Crippen LogP contribution in [-0.2, 0) is 17.6 Å². The van der Waals surface area contributed by atoms with Gasteiger partial charge in [-0.05, 0) is 37.5 Å². The summed E-state index contributed by atoms with van der Waals surface area (Å²) in [6.45, 7) is 4.54. The molecule has 25 heavy (non-hydrogen) atoms. The number of amides is 2. The summed E-state index contributed by atoms with van der Waals surface area (Å²) in [6, 6.07) is 5.94. The Balaban J connectivity index is 1.73. The highest BCUT2D eigenvalue weighted by Crippen LogP contribution is 2.19. The van der Waals surface area contributed by atoms with Crippen molar-refractivity contribution in [2.75, 3.05) is 13.1 Å². The largest absolute Gasteiger partial charge is 0.354 e. The number of aromatic nitrogens is 1. The number of hydrogen-bond acceptors (Lipinski definition) is 4. The molecule has 2 aromatic rings. The molecule has 134 valence electrons. The van der Waals surface area contributed by atoms with Crippen molar-refractivity contribution in [2.45, 2.75) is 33.1 Å². The molecular weight excluding hydrogens is 341 g/mol. The first-order chi connectivity index (χ1) is 12.0. The third kappa shape index (κ3) is 5.94. The van der Waals surface area contributed by atoms with Crippen LogP contribution in [0.15, 0.2) is 24.3 Å². The molecule has 0 aliphatic rings. The minimum absolute atomic E-state index is 0.111. The van der Waals surface area contributed by atoms with E-state index in [9.17, 15) is 14.0 Å². The van der Waals surface area contributed by atoms with Crippen molar-refractivity contribution in [1.82, 2.24) is 15.6 Å². The van der Waals surface area contributed by atoms with Crippen LogP contribution in [0, 0.1) is 12.7 Å². The van der Waals surface area contributed by atoms with Gasteiger partial charge in [0.25, 0.3) is 5.91 Å². The molecule has 0 aliphatic carbocycles. The van der Waals surface area contributed by atoms with Crippen LogP contribution in [0.1, 0.15) is 39.3 Å².